The second-order valence-corrected chi connectivity index (χ2v) is 6.94. The molecule has 1 saturated heterocycles. The van der Waals surface area contributed by atoms with Gasteiger partial charge in [-0.2, -0.15) is 0 Å². The summed E-state index contributed by atoms with van der Waals surface area (Å²) in [5, 5.41) is 2.83. The predicted molar refractivity (Wildman–Crippen MR) is 65.4 cm³/mol. The molecular formula is C11H23NO3S. The summed E-state index contributed by atoms with van der Waals surface area (Å²) in [5.74, 6) is 0.289. The minimum atomic E-state index is -2.97. The second-order valence-electron chi connectivity index (χ2n) is 4.60. The van der Waals surface area contributed by atoms with Crippen LogP contribution < -0.4 is 5.32 Å². The molecule has 1 aliphatic heterocycles. The van der Waals surface area contributed by atoms with Crippen LogP contribution >= 0.6 is 0 Å². The molecule has 4 nitrogen and oxygen atoms in total. The monoisotopic (exact) mass is 249 g/mol. The molecule has 0 amide bonds. The first-order chi connectivity index (χ1) is 7.47. The van der Waals surface area contributed by atoms with Crippen LogP contribution in [0.4, 0.5) is 0 Å². The number of rotatable bonds is 6. The molecule has 1 rings (SSSR count). The molecule has 1 fully saturated rings. The summed E-state index contributed by atoms with van der Waals surface area (Å²) in [4.78, 5) is 0. The number of ether oxygens (including phenoxy) is 1. The fourth-order valence-corrected chi connectivity index (χ4v) is 4.06. The molecule has 0 radical (unpaired) electrons. The van der Waals surface area contributed by atoms with Gasteiger partial charge < -0.3 is 10.1 Å². The summed E-state index contributed by atoms with van der Waals surface area (Å²) in [6.45, 7) is 4.50. The SMILES string of the molecule is CNC(C)CCCS(=O)(=O)C1CCOC1C. The summed E-state index contributed by atoms with van der Waals surface area (Å²) in [7, 11) is -1.07. The quantitative estimate of drug-likeness (QED) is 0.762. The Bertz CT molecular complexity index is 302. The van der Waals surface area contributed by atoms with Gasteiger partial charge in [0.05, 0.1) is 17.1 Å². The maximum Gasteiger partial charge on any atom is 0.155 e. The first-order valence-corrected chi connectivity index (χ1v) is 7.69. The van der Waals surface area contributed by atoms with Crippen LogP contribution in [0, 0.1) is 0 Å². The van der Waals surface area contributed by atoms with Crippen molar-refractivity contribution >= 4 is 9.84 Å². The zero-order chi connectivity index (χ0) is 12.2. The van der Waals surface area contributed by atoms with Crippen LogP contribution in [0.2, 0.25) is 0 Å². The van der Waals surface area contributed by atoms with Crippen molar-refractivity contribution in [2.24, 2.45) is 0 Å². The van der Waals surface area contributed by atoms with Crippen LogP contribution in [0.5, 0.6) is 0 Å². The van der Waals surface area contributed by atoms with Gasteiger partial charge in [0.15, 0.2) is 9.84 Å². The highest BCUT2D eigenvalue weighted by atomic mass is 32.2. The van der Waals surface area contributed by atoms with Crippen molar-refractivity contribution in [1.29, 1.82) is 0 Å². The van der Waals surface area contributed by atoms with E-state index in [9.17, 15) is 8.42 Å². The molecular weight excluding hydrogens is 226 g/mol. The van der Waals surface area contributed by atoms with Crippen molar-refractivity contribution in [3.8, 4) is 0 Å². The molecule has 5 heteroatoms. The average Bonchev–Trinajstić information content (AvgIpc) is 2.64. The van der Waals surface area contributed by atoms with Crippen LogP contribution in [0.15, 0.2) is 0 Å². The highest BCUT2D eigenvalue weighted by Crippen LogP contribution is 2.22. The van der Waals surface area contributed by atoms with Gasteiger partial charge in [-0.1, -0.05) is 0 Å². The van der Waals surface area contributed by atoms with Gasteiger partial charge in [-0.3, -0.25) is 0 Å². The standard InChI is InChI=1S/C11H23NO3S/c1-9(12-3)5-4-8-16(13,14)11-6-7-15-10(11)2/h9-12H,4-8H2,1-3H3. The van der Waals surface area contributed by atoms with Crippen LogP contribution in [0.3, 0.4) is 0 Å². The third kappa shape index (κ3) is 3.71. The number of sulfone groups is 1. The Morgan fingerprint density at radius 1 is 1.50 bits per heavy atom. The smallest absolute Gasteiger partial charge is 0.155 e. The molecule has 3 atom stereocenters. The van der Waals surface area contributed by atoms with Crippen LogP contribution in [-0.4, -0.2) is 45.2 Å². The van der Waals surface area contributed by atoms with E-state index >= 15 is 0 Å². The normalized spacial score (nSPS) is 28.2. The van der Waals surface area contributed by atoms with Crippen LogP contribution in [-0.2, 0) is 14.6 Å². The predicted octanol–water partition coefficient (Wildman–Crippen LogP) is 0.967. The highest BCUT2D eigenvalue weighted by Gasteiger charge is 2.35. The van der Waals surface area contributed by atoms with E-state index < -0.39 is 9.84 Å². The van der Waals surface area contributed by atoms with Crippen molar-refractivity contribution < 1.29 is 13.2 Å². The molecule has 1 aliphatic rings. The van der Waals surface area contributed by atoms with Crippen LogP contribution in [0.1, 0.15) is 33.1 Å². The maximum absolute atomic E-state index is 12.0. The molecule has 0 aliphatic carbocycles. The Kier molecular flexibility index (Phi) is 5.21. The largest absolute Gasteiger partial charge is 0.377 e. The van der Waals surface area contributed by atoms with Crippen molar-refractivity contribution in [2.45, 2.75) is 50.5 Å². The summed E-state index contributed by atoms with van der Waals surface area (Å²) in [6, 6.07) is 0.382. The molecule has 3 unspecified atom stereocenters. The molecule has 0 aromatic heterocycles. The Labute approximate surface area is 98.7 Å². The zero-order valence-electron chi connectivity index (χ0n) is 10.4. The fourth-order valence-electron chi connectivity index (χ4n) is 2.07. The van der Waals surface area contributed by atoms with Gasteiger partial charge in [0.1, 0.15) is 0 Å². The summed E-state index contributed by atoms with van der Waals surface area (Å²) < 4.78 is 29.3. The van der Waals surface area contributed by atoms with Gasteiger partial charge in [-0.15, -0.1) is 0 Å². The van der Waals surface area contributed by atoms with E-state index in [-0.39, 0.29) is 17.1 Å². The van der Waals surface area contributed by atoms with Gasteiger partial charge in [-0.05, 0) is 40.2 Å². The second kappa shape index (κ2) is 5.98. The van der Waals surface area contributed by atoms with E-state index in [4.69, 9.17) is 4.74 Å². The lowest BCUT2D eigenvalue weighted by Gasteiger charge is -2.16. The summed E-state index contributed by atoms with van der Waals surface area (Å²) in [6.07, 6.45) is 2.16. The third-order valence-electron chi connectivity index (χ3n) is 3.33. The van der Waals surface area contributed by atoms with Gasteiger partial charge >= 0.3 is 0 Å². The molecule has 0 spiro atoms. The van der Waals surface area contributed by atoms with Crippen LogP contribution in [0.25, 0.3) is 0 Å². The maximum atomic E-state index is 12.0. The lowest BCUT2D eigenvalue weighted by atomic mass is 10.2. The Balaban J connectivity index is 2.40. The highest BCUT2D eigenvalue weighted by molar-refractivity contribution is 7.92. The number of hydrogen-bond acceptors (Lipinski definition) is 4. The topological polar surface area (TPSA) is 55.4 Å². The van der Waals surface area contributed by atoms with E-state index in [0.717, 1.165) is 12.8 Å². The number of hydrogen-bond donors (Lipinski definition) is 1. The third-order valence-corrected chi connectivity index (χ3v) is 5.73. The Hall–Kier alpha value is -0.130. The molecule has 0 saturated carbocycles. The van der Waals surface area contributed by atoms with Crippen molar-refractivity contribution in [2.75, 3.05) is 19.4 Å². The molecule has 0 aromatic rings. The fraction of sp³-hybridized carbons (Fsp3) is 1.00. The van der Waals surface area contributed by atoms with Gasteiger partial charge in [-0.25, -0.2) is 8.42 Å². The minimum Gasteiger partial charge on any atom is -0.377 e. The van der Waals surface area contributed by atoms with Gasteiger partial charge in [0, 0.05) is 12.6 Å². The first-order valence-electron chi connectivity index (χ1n) is 5.98. The molecule has 1 heterocycles. The zero-order valence-corrected chi connectivity index (χ0v) is 11.2. The van der Waals surface area contributed by atoms with E-state index in [0.29, 0.717) is 19.1 Å². The summed E-state index contributed by atoms with van der Waals surface area (Å²) in [5.41, 5.74) is 0. The summed E-state index contributed by atoms with van der Waals surface area (Å²) >= 11 is 0. The van der Waals surface area contributed by atoms with E-state index in [1.807, 2.05) is 14.0 Å². The number of nitrogens with one attached hydrogen (secondary N) is 1. The molecule has 0 aromatic carbocycles. The minimum absolute atomic E-state index is 0.133. The molecule has 16 heavy (non-hydrogen) atoms. The van der Waals surface area contributed by atoms with Crippen molar-refractivity contribution in [3.63, 3.8) is 0 Å². The van der Waals surface area contributed by atoms with Crippen molar-refractivity contribution in [1.82, 2.24) is 5.32 Å². The lowest BCUT2D eigenvalue weighted by molar-refractivity contribution is 0.126. The average molecular weight is 249 g/mol. The van der Waals surface area contributed by atoms with E-state index in [1.54, 1.807) is 0 Å². The van der Waals surface area contributed by atoms with Gasteiger partial charge in [0.25, 0.3) is 0 Å². The van der Waals surface area contributed by atoms with Crippen molar-refractivity contribution in [3.05, 3.63) is 0 Å². The van der Waals surface area contributed by atoms with E-state index in [2.05, 4.69) is 12.2 Å². The Morgan fingerprint density at radius 2 is 2.19 bits per heavy atom. The van der Waals surface area contributed by atoms with Gasteiger partial charge in [0.2, 0.25) is 0 Å². The molecule has 1 N–H and O–H groups in total. The first kappa shape index (κ1) is 13.9. The molecule has 0 bridgehead atoms. The van der Waals surface area contributed by atoms with E-state index in [1.165, 1.54) is 0 Å². The Morgan fingerprint density at radius 3 is 2.69 bits per heavy atom. The molecule has 96 valence electrons. The lowest BCUT2D eigenvalue weighted by Crippen LogP contribution is -2.31.